The van der Waals surface area contributed by atoms with Gasteiger partial charge in [-0.3, -0.25) is 9.78 Å². The molecule has 0 amide bonds. The van der Waals surface area contributed by atoms with E-state index in [0.717, 1.165) is 34.3 Å². The number of rotatable bonds is 4. The number of nitrogens with zero attached hydrogens (tertiary/aromatic N) is 2. The number of aromatic nitrogens is 1. The molecular formula is C20H14F3N3O2S. The molecule has 2 N–H and O–H groups in total. The Hall–Kier alpha value is -3.20. The summed E-state index contributed by atoms with van der Waals surface area (Å²) >= 11 is 0.905. The minimum Gasteiger partial charge on any atom is -0.493 e. The smallest absolute Gasteiger partial charge is 0.416 e. The highest BCUT2D eigenvalue weighted by molar-refractivity contribution is 7.10. The van der Waals surface area contributed by atoms with Crippen molar-refractivity contribution in [3.63, 3.8) is 0 Å². The predicted octanol–water partition coefficient (Wildman–Crippen LogP) is 3.29. The van der Waals surface area contributed by atoms with Gasteiger partial charge < -0.3 is 5.11 Å². The maximum absolute atomic E-state index is 12.6. The molecule has 5 nitrogen and oxygen atoms in total. The van der Waals surface area contributed by atoms with Crippen LogP contribution in [0.25, 0.3) is 6.08 Å². The van der Waals surface area contributed by atoms with Crippen LogP contribution in [0.5, 0.6) is 5.88 Å². The lowest BCUT2D eigenvalue weighted by Gasteiger charge is -2.07. The van der Waals surface area contributed by atoms with Gasteiger partial charge in [-0.15, -0.1) is 0 Å². The molecule has 9 heteroatoms. The molecule has 0 spiro atoms. The number of aromatic amines is 1. The number of aryl methyl sites for hydroxylation is 1. The molecule has 2 aromatic carbocycles. The number of alkyl halides is 3. The normalized spacial score (nSPS) is 13.9. The fourth-order valence-electron chi connectivity index (χ4n) is 2.93. The second kappa shape index (κ2) is 7.32. The molecule has 0 saturated heterocycles. The lowest BCUT2D eigenvalue weighted by atomic mass is 10.1. The van der Waals surface area contributed by atoms with Crippen molar-refractivity contribution >= 4 is 28.9 Å². The Kier molecular flexibility index (Phi) is 4.83. The molecule has 0 bridgehead atoms. The number of nitrogens with one attached hydrogen (secondary N) is 1. The molecule has 1 aliphatic heterocycles. The Morgan fingerprint density at radius 2 is 1.83 bits per heavy atom. The first kappa shape index (κ1) is 19.1. The summed E-state index contributed by atoms with van der Waals surface area (Å²) in [7, 11) is 0. The summed E-state index contributed by atoms with van der Waals surface area (Å²) in [6, 6.07) is 10.5. The molecule has 1 aromatic heterocycles. The number of fused-ring (bicyclic) bond motifs is 1. The van der Waals surface area contributed by atoms with E-state index in [4.69, 9.17) is 0 Å². The van der Waals surface area contributed by atoms with Gasteiger partial charge in [-0.1, -0.05) is 29.5 Å². The maximum Gasteiger partial charge on any atom is 0.416 e. The number of aliphatic imine (C=N–C) groups is 1. The van der Waals surface area contributed by atoms with Crippen molar-refractivity contribution in [1.82, 2.24) is 4.98 Å². The first-order valence-electron chi connectivity index (χ1n) is 8.64. The highest BCUT2D eigenvalue weighted by Gasteiger charge is 2.29. The molecule has 0 unspecified atom stereocenters. The van der Waals surface area contributed by atoms with Crippen molar-refractivity contribution < 1.29 is 18.3 Å². The SMILES string of the molecule is O=c1[nH]c(O)c(C=c2ccc3c(c2)N=C(CCc2ccc(C(F)(F)F)cc2)N=3)s1. The third kappa shape index (κ3) is 4.29. The molecule has 0 radical (unpaired) electrons. The average molecular weight is 417 g/mol. The zero-order valence-electron chi connectivity index (χ0n) is 14.8. The van der Waals surface area contributed by atoms with Crippen LogP contribution in [-0.4, -0.2) is 15.9 Å². The molecule has 29 heavy (non-hydrogen) atoms. The Morgan fingerprint density at radius 1 is 1.07 bits per heavy atom. The second-order valence-corrected chi connectivity index (χ2v) is 7.47. The summed E-state index contributed by atoms with van der Waals surface area (Å²) < 4.78 is 37.9. The van der Waals surface area contributed by atoms with Crippen LogP contribution < -0.4 is 15.4 Å². The van der Waals surface area contributed by atoms with E-state index in [2.05, 4.69) is 15.0 Å². The Morgan fingerprint density at radius 3 is 2.48 bits per heavy atom. The van der Waals surface area contributed by atoms with Gasteiger partial charge in [-0.25, -0.2) is 9.98 Å². The summed E-state index contributed by atoms with van der Waals surface area (Å²) in [4.78, 5) is 22.6. The molecule has 1 aliphatic rings. The Labute approximate surface area is 166 Å². The zero-order valence-corrected chi connectivity index (χ0v) is 15.6. The third-order valence-corrected chi connectivity index (χ3v) is 5.19. The van der Waals surface area contributed by atoms with Crippen LogP contribution in [0, 0.1) is 0 Å². The molecule has 0 atom stereocenters. The van der Waals surface area contributed by atoms with Gasteiger partial charge in [0, 0.05) is 6.42 Å². The molecule has 0 saturated carbocycles. The van der Waals surface area contributed by atoms with E-state index in [1.165, 1.54) is 12.1 Å². The van der Waals surface area contributed by atoms with Gasteiger partial charge in [0.2, 0.25) is 5.88 Å². The van der Waals surface area contributed by atoms with Crippen molar-refractivity contribution in [2.24, 2.45) is 9.98 Å². The van der Waals surface area contributed by atoms with E-state index >= 15 is 0 Å². The van der Waals surface area contributed by atoms with Crippen LogP contribution >= 0.6 is 11.3 Å². The summed E-state index contributed by atoms with van der Waals surface area (Å²) in [5, 5.41) is 11.1. The largest absolute Gasteiger partial charge is 0.493 e. The molecular weight excluding hydrogens is 403 g/mol. The standard InChI is InChI=1S/C20H14F3N3O2S/c21-20(22,23)13-5-1-11(2-6-13)4-8-17-24-14-7-3-12(9-15(14)25-17)10-16-18(27)26-19(28)29-16/h1-3,5-7,9-10,27H,4,8H2,(H,26,28). The highest BCUT2D eigenvalue weighted by atomic mass is 32.1. The second-order valence-electron chi connectivity index (χ2n) is 6.45. The first-order chi connectivity index (χ1) is 13.8. The number of hydrogen-bond donors (Lipinski definition) is 2. The molecule has 0 fully saturated rings. The number of aromatic hydroxyl groups is 1. The van der Waals surface area contributed by atoms with Crippen LogP contribution in [0.4, 0.5) is 18.9 Å². The summed E-state index contributed by atoms with van der Waals surface area (Å²) in [6.45, 7) is 0. The van der Waals surface area contributed by atoms with Gasteiger partial charge >= 0.3 is 11.0 Å². The van der Waals surface area contributed by atoms with E-state index in [0.29, 0.717) is 34.6 Å². The topological polar surface area (TPSA) is 77.8 Å². The van der Waals surface area contributed by atoms with Crippen LogP contribution in [0.1, 0.15) is 22.4 Å². The number of hydrogen-bond acceptors (Lipinski definition) is 5. The Bertz CT molecular complexity index is 1270. The van der Waals surface area contributed by atoms with Crippen molar-refractivity contribution in [3.8, 4) is 5.88 Å². The summed E-state index contributed by atoms with van der Waals surface area (Å²) in [5.74, 6) is 0.428. The van der Waals surface area contributed by atoms with Gasteiger partial charge in [-0.2, -0.15) is 13.2 Å². The quantitative estimate of drug-likeness (QED) is 0.684. The number of benzene rings is 2. The number of H-pyrrole nitrogens is 1. The predicted molar refractivity (Wildman–Crippen MR) is 104 cm³/mol. The summed E-state index contributed by atoms with van der Waals surface area (Å²) in [6.07, 6.45) is -1.64. The van der Waals surface area contributed by atoms with Crippen LogP contribution in [0.2, 0.25) is 0 Å². The fourth-order valence-corrected chi connectivity index (χ4v) is 3.62. The van der Waals surface area contributed by atoms with Crippen molar-refractivity contribution in [2.45, 2.75) is 19.0 Å². The van der Waals surface area contributed by atoms with E-state index in [1.807, 2.05) is 0 Å². The Balaban J connectivity index is 1.49. The maximum atomic E-state index is 12.6. The van der Waals surface area contributed by atoms with Crippen molar-refractivity contribution in [3.05, 3.63) is 78.7 Å². The third-order valence-electron chi connectivity index (χ3n) is 4.37. The van der Waals surface area contributed by atoms with Crippen LogP contribution in [-0.2, 0) is 12.6 Å². The zero-order chi connectivity index (χ0) is 20.6. The van der Waals surface area contributed by atoms with Crippen molar-refractivity contribution in [2.75, 3.05) is 0 Å². The van der Waals surface area contributed by atoms with E-state index in [-0.39, 0.29) is 10.8 Å². The van der Waals surface area contributed by atoms with Crippen LogP contribution in [0.3, 0.4) is 0 Å². The first-order valence-corrected chi connectivity index (χ1v) is 9.46. The average Bonchev–Trinajstić information content (AvgIpc) is 3.21. The number of thiazole rings is 1. The van der Waals surface area contributed by atoms with Crippen LogP contribution in [0.15, 0.2) is 57.2 Å². The van der Waals surface area contributed by atoms with Gasteiger partial charge in [0.25, 0.3) is 0 Å². The summed E-state index contributed by atoms with van der Waals surface area (Å²) in [5.41, 5.74) is 0.779. The highest BCUT2D eigenvalue weighted by Crippen LogP contribution is 2.29. The molecule has 4 rings (SSSR count). The fraction of sp³-hybridized carbons (Fsp3) is 0.150. The molecule has 148 valence electrons. The van der Waals surface area contributed by atoms with Gasteiger partial charge in [0.1, 0.15) is 5.84 Å². The molecule has 2 heterocycles. The van der Waals surface area contributed by atoms with E-state index < -0.39 is 11.7 Å². The monoisotopic (exact) mass is 417 g/mol. The minimum absolute atomic E-state index is 0.175. The number of halogens is 3. The van der Waals surface area contributed by atoms with Gasteiger partial charge in [0.15, 0.2) is 0 Å². The van der Waals surface area contributed by atoms with Crippen molar-refractivity contribution in [1.29, 1.82) is 0 Å². The van der Waals surface area contributed by atoms with E-state index in [1.54, 1.807) is 24.3 Å². The lowest BCUT2D eigenvalue weighted by molar-refractivity contribution is -0.137. The lowest BCUT2D eigenvalue weighted by Crippen LogP contribution is -2.07. The van der Waals surface area contributed by atoms with Gasteiger partial charge in [0.05, 0.1) is 21.5 Å². The molecule has 0 aliphatic carbocycles. The number of amidine groups is 1. The minimum atomic E-state index is -4.34. The molecule has 3 aromatic rings. The van der Waals surface area contributed by atoms with E-state index in [9.17, 15) is 23.1 Å². The van der Waals surface area contributed by atoms with Gasteiger partial charge in [-0.05, 0) is 47.5 Å².